The molecule has 0 bridgehead atoms. The van der Waals surface area contributed by atoms with Gasteiger partial charge in [0.15, 0.2) is 5.54 Å². The molecule has 2 N–H and O–H groups in total. The Morgan fingerprint density at radius 2 is 1.91 bits per heavy atom. The van der Waals surface area contributed by atoms with Gasteiger partial charge in [-0.2, -0.15) is 0 Å². The van der Waals surface area contributed by atoms with E-state index in [2.05, 4.69) is 4.99 Å². The van der Waals surface area contributed by atoms with Gasteiger partial charge in [-0.25, -0.2) is 9.79 Å². The van der Waals surface area contributed by atoms with Crippen molar-refractivity contribution in [3.8, 4) is 0 Å². The number of amides is 1. The first kappa shape index (κ1) is 15.5. The zero-order valence-corrected chi connectivity index (χ0v) is 13.2. The van der Waals surface area contributed by atoms with Gasteiger partial charge >= 0.3 is 5.97 Å². The monoisotopic (exact) mass is 315 g/mol. The van der Waals surface area contributed by atoms with Crippen LogP contribution >= 0.6 is 0 Å². The van der Waals surface area contributed by atoms with E-state index in [9.17, 15) is 9.59 Å². The molecule has 1 aromatic carbocycles. The Hall–Kier alpha value is -2.37. The van der Waals surface area contributed by atoms with Crippen molar-refractivity contribution in [3.05, 3.63) is 35.9 Å². The number of hydrogen-bond acceptors (Lipinski definition) is 5. The molecule has 1 saturated carbocycles. The lowest BCUT2D eigenvalue weighted by Crippen LogP contribution is -2.47. The summed E-state index contributed by atoms with van der Waals surface area (Å²) in [7, 11) is 0. The Bertz CT molecular complexity index is 638. The second-order valence-corrected chi connectivity index (χ2v) is 6.12. The molecule has 0 radical (unpaired) electrons. The van der Waals surface area contributed by atoms with Crippen molar-refractivity contribution in [2.24, 2.45) is 16.6 Å². The number of hydroxylamine groups is 2. The largest absolute Gasteiger partial charge is 0.367 e. The summed E-state index contributed by atoms with van der Waals surface area (Å²) in [5.74, 6) is -0.961. The highest BCUT2D eigenvalue weighted by Gasteiger charge is 2.55. The topological polar surface area (TPSA) is 85.0 Å². The van der Waals surface area contributed by atoms with Crippen LogP contribution in [-0.2, 0) is 20.0 Å². The first-order valence-electron chi connectivity index (χ1n) is 7.99. The minimum atomic E-state index is -1.08. The van der Waals surface area contributed by atoms with Crippen molar-refractivity contribution < 1.29 is 14.4 Å². The molecule has 1 aromatic rings. The molecule has 0 aromatic heterocycles. The van der Waals surface area contributed by atoms with E-state index in [1.165, 1.54) is 13.3 Å². The lowest BCUT2D eigenvalue weighted by atomic mass is 9.71. The van der Waals surface area contributed by atoms with Crippen LogP contribution in [0, 0.1) is 5.92 Å². The summed E-state index contributed by atoms with van der Waals surface area (Å²) in [4.78, 5) is 33.9. The van der Waals surface area contributed by atoms with Crippen LogP contribution in [-0.4, -0.2) is 22.9 Å². The SMILES string of the molecule is CC(=O)ON1C(=O)C(c2ccccc2)(C2CCCCC2)N=C1N. The second-order valence-electron chi connectivity index (χ2n) is 6.12. The Labute approximate surface area is 135 Å². The summed E-state index contributed by atoms with van der Waals surface area (Å²) in [6.45, 7) is 1.24. The number of rotatable bonds is 3. The van der Waals surface area contributed by atoms with Crippen molar-refractivity contribution in [1.29, 1.82) is 0 Å². The number of carbonyl (C=O) groups is 2. The van der Waals surface area contributed by atoms with Crippen molar-refractivity contribution in [2.45, 2.75) is 44.6 Å². The van der Waals surface area contributed by atoms with Gasteiger partial charge in [-0.1, -0.05) is 49.6 Å². The standard InChI is InChI=1S/C17H21N3O3/c1-12(21)23-20-15(22)17(19-16(20)18,13-8-4-2-5-9-13)14-10-6-3-7-11-14/h2,4-5,8-9,14H,3,6-7,10-11H2,1H3,(H2,18,19). The molecule has 0 spiro atoms. The molecule has 1 amide bonds. The molecular weight excluding hydrogens is 294 g/mol. The predicted molar refractivity (Wildman–Crippen MR) is 84.9 cm³/mol. The Morgan fingerprint density at radius 1 is 1.26 bits per heavy atom. The van der Waals surface area contributed by atoms with Crippen molar-refractivity contribution >= 4 is 17.8 Å². The van der Waals surface area contributed by atoms with Gasteiger partial charge in [0, 0.05) is 6.92 Å². The molecule has 1 aliphatic heterocycles. The van der Waals surface area contributed by atoms with Gasteiger partial charge in [0.2, 0.25) is 5.96 Å². The number of hydrogen-bond donors (Lipinski definition) is 1. The minimum Gasteiger partial charge on any atom is -0.367 e. The maximum absolute atomic E-state index is 13.1. The van der Waals surface area contributed by atoms with Gasteiger partial charge in [-0.15, -0.1) is 5.06 Å². The Balaban J connectivity index is 2.07. The molecule has 6 heteroatoms. The molecule has 1 unspecified atom stereocenters. The van der Waals surface area contributed by atoms with Crippen LogP contribution in [0.3, 0.4) is 0 Å². The molecule has 6 nitrogen and oxygen atoms in total. The molecule has 3 rings (SSSR count). The number of guanidine groups is 1. The fourth-order valence-electron chi connectivity index (χ4n) is 3.65. The third kappa shape index (κ3) is 2.58. The quantitative estimate of drug-likeness (QED) is 0.925. The summed E-state index contributed by atoms with van der Waals surface area (Å²) < 4.78 is 0. The van der Waals surface area contributed by atoms with E-state index in [1.54, 1.807) is 0 Å². The summed E-state index contributed by atoms with van der Waals surface area (Å²) >= 11 is 0. The summed E-state index contributed by atoms with van der Waals surface area (Å²) in [5, 5.41) is 0.851. The van der Waals surface area contributed by atoms with E-state index in [4.69, 9.17) is 10.6 Å². The molecule has 1 aliphatic carbocycles. The first-order valence-corrected chi connectivity index (χ1v) is 7.99. The number of aliphatic imine (C=N–C) groups is 1. The normalized spacial score (nSPS) is 25.3. The van der Waals surface area contributed by atoms with Crippen molar-refractivity contribution in [2.75, 3.05) is 0 Å². The maximum atomic E-state index is 13.1. The number of nitrogens with zero attached hydrogens (tertiary/aromatic N) is 2. The van der Waals surface area contributed by atoms with Gasteiger partial charge in [-0.05, 0) is 24.3 Å². The highest BCUT2D eigenvalue weighted by atomic mass is 16.7. The highest BCUT2D eigenvalue weighted by molar-refractivity contribution is 6.07. The average Bonchev–Trinajstić information content (AvgIpc) is 2.82. The summed E-state index contributed by atoms with van der Waals surface area (Å²) in [6, 6.07) is 9.44. The van der Waals surface area contributed by atoms with Gasteiger partial charge in [-0.3, -0.25) is 4.79 Å². The number of benzene rings is 1. The predicted octanol–water partition coefficient (Wildman–Crippen LogP) is 2.10. The smallest absolute Gasteiger partial charge is 0.330 e. The molecule has 122 valence electrons. The molecular formula is C17H21N3O3. The van der Waals surface area contributed by atoms with E-state index in [1.807, 2.05) is 30.3 Å². The van der Waals surface area contributed by atoms with Crippen LogP contribution in [0.2, 0.25) is 0 Å². The lowest BCUT2D eigenvalue weighted by molar-refractivity contribution is -0.182. The molecule has 2 aliphatic rings. The fraction of sp³-hybridized carbons (Fsp3) is 0.471. The van der Waals surface area contributed by atoms with Crippen LogP contribution in [0.4, 0.5) is 0 Å². The minimum absolute atomic E-state index is 0.0559. The number of carbonyl (C=O) groups excluding carboxylic acids is 2. The van der Waals surface area contributed by atoms with Gasteiger partial charge in [0.1, 0.15) is 0 Å². The summed E-state index contributed by atoms with van der Waals surface area (Å²) in [5.41, 5.74) is 5.63. The Kier molecular flexibility index (Phi) is 4.07. The van der Waals surface area contributed by atoms with Gasteiger partial charge < -0.3 is 10.6 Å². The van der Waals surface area contributed by atoms with E-state index in [0.717, 1.165) is 36.3 Å². The molecule has 1 fully saturated rings. The molecule has 0 saturated heterocycles. The van der Waals surface area contributed by atoms with Crippen LogP contribution in [0.15, 0.2) is 35.3 Å². The van der Waals surface area contributed by atoms with Crippen molar-refractivity contribution in [1.82, 2.24) is 5.06 Å². The van der Waals surface area contributed by atoms with E-state index in [0.29, 0.717) is 0 Å². The van der Waals surface area contributed by atoms with E-state index < -0.39 is 11.5 Å². The van der Waals surface area contributed by atoms with E-state index >= 15 is 0 Å². The Morgan fingerprint density at radius 3 is 2.52 bits per heavy atom. The van der Waals surface area contributed by atoms with Crippen molar-refractivity contribution in [3.63, 3.8) is 0 Å². The third-order valence-corrected chi connectivity index (χ3v) is 4.64. The maximum Gasteiger partial charge on any atom is 0.330 e. The van der Waals surface area contributed by atoms with E-state index in [-0.39, 0.29) is 17.8 Å². The number of nitrogens with two attached hydrogens (primary N) is 1. The molecule has 1 heterocycles. The van der Waals surface area contributed by atoms with Crippen LogP contribution < -0.4 is 5.73 Å². The molecule has 1 atom stereocenters. The third-order valence-electron chi connectivity index (χ3n) is 4.64. The van der Waals surface area contributed by atoms with Gasteiger partial charge in [0.25, 0.3) is 5.91 Å². The second kappa shape index (κ2) is 6.02. The van der Waals surface area contributed by atoms with Crippen LogP contribution in [0.1, 0.15) is 44.6 Å². The first-order chi connectivity index (χ1) is 11.1. The zero-order valence-electron chi connectivity index (χ0n) is 13.2. The lowest BCUT2D eigenvalue weighted by Gasteiger charge is -2.36. The van der Waals surface area contributed by atoms with Crippen LogP contribution in [0.5, 0.6) is 0 Å². The van der Waals surface area contributed by atoms with Gasteiger partial charge in [0.05, 0.1) is 0 Å². The average molecular weight is 315 g/mol. The molecule has 23 heavy (non-hydrogen) atoms. The fourth-order valence-corrected chi connectivity index (χ4v) is 3.65. The zero-order chi connectivity index (χ0) is 16.4. The summed E-state index contributed by atoms with van der Waals surface area (Å²) in [6.07, 6.45) is 5.12. The van der Waals surface area contributed by atoms with Crippen LogP contribution in [0.25, 0.3) is 0 Å². The highest BCUT2D eigenvalue weighted by Crippen LogP contribution is 2.46.